The van der Waals surface area contributed by atoms with Crippen LogP contribution in [-0.2, 0) is 25.6 Å². The molecular weight excluding hydrogens is 403 g/mol. The number of carbonyl (C=O) groups is 1. The topological polar surface area (TPSA) is 46.9 Å². The van der Waals surface area contributed by atoms with Crippen molar-refractivity contribution in [2.75, 3.05) is 6.54 Å². The number of nitrogens with zero attached hydrogens (tertiary/aromatic N) is 2. The maximum atomic E-state index is 13.1. The number of pyridine rings is 1. The first-order chi connectivity index (χ1) is 14.7. The molecule has 1 N–H and O–H groups in total. The molecule has 164 valence electrons. The number of carbonyl (C=O) groups excluding carboxylic acids is 1. The van der Waals surface area contributed by atoms with Crippen molar-refractivity contribution in [1.29, 1.82) is 0 Å². The first-order valence-electron chi connectivity index (χ1n) is 10.2. The number of nitrogens with one attached hydrogen (secondary N) is 1. The van der Waals surface area contributed by atoms with Crippen molar-refractivity contribution in [2.45, 2.75) is 46.3 Å². The van der Waals surface area contributed by atoms with Gasteiger partial charge in [-0.3, -0.25) is 9.78 Å². The Balaban J connectivity index is 1.86. The number of rotatable bonds is 7. The van der Waals surface area contributed by atoms with Gasteiger partial charge in [-0.25, -0.2) is 0 Å². The molecule has 0 spiro atoms. The van der Waals surface area contributed by atoms with Crippen LogP contribution in [0.15, 0.2) is 48.7 Å². The van der Waals surface area contributed by atoms with Crippen LogP contribution < -0.4 is 5.32 Å². The molecule has 0 fully saturated rings. The summed E-state index contributed by atoms with van der Waals surface area (Å²) < 4.78 is 41.2. The summed E-state index contributed by atoms with van der Waals surface area (Å²) >= 11 is 0. The average Bonchev–Trinajstić information content (AvgIpc) is 2.97. The molecule has 4 nitrogen and oxygen atoms in total. The van der Waals surface area contributed by atoms with Gasteiger partial charge in [0.2, 0.25) is 0 Å². The minimum atomic E-state index is -4.40. The SMILES string of the molecule is CCc1c(C)c(C(=O)NCCc2ccccn2)n(Cc2cccc(C(F)(F)F)c2)c1C. The van der Waals surface area contributed by atoms with Crippen molar-refractivity contribution in [1.82, 2.24) is 14.9 Å². The van der Waals surface area contributed by atoms with Gasteiger partial charge in [0.25, 0.3) is 5.91 Å². The second-order valence-electron chi connectivity index (χ2n) is 7.50. The van der Waals surface area contributed by atoms with Crippen molar-refractivity contribution < 1.29 is 18.0 Å². The van der Waals surface area contributed by atoms with E-state index in [1.807, 2.05) is 43.5 Å². The first-order valence-corrected chi connectivity index (χ1v) is 10.2. The first kappa shape index (κ1) is 22.6. The molecule has 0 saturated carbocycles. The lowest BCUT2D eigenvalue weighted by Crippen LogP contribution is -2.29. The zero-order valence-electron chi connectivity index (χ0n) is 17.9. The van der Waals surface area contributed by atoms with Crippen LogP contribution in [0.5, 0.6) is 0 Å². The van der Waals surface area contributed by atoms with E-state index in [4.69, 9.17) is 0 Å². The van der Waals surface area contributed by atoms with Crippen LogP contribution in [0, 0.1) is 13.8 Å². The van der Waals surface area contributed by atoms with Crippen LogP contribution in [0.2, 0.25) is 0 Å². The van der Waals surface area contributed by atoms with Crippen LogP contribution in [0.3, 0.4) is 0 Å². The second-order valence-corrected chi connectivity index (χ2v) is 7.50. The van der Waals surface area contributed by atoms with Crippen molar-refractivity contribution >= 4 is 5.91 Å². The largest absolute Gasteiger partial charge is 0.416 e. The quantitative estimate of drug-likeness (QED) is 0.568. The minimum Gasteiger partial charge on any atom is -0.350 e. The van der Waals surface area contributed by atoms with Crippen LogP contribution in [0.1, 0.15) is 51.1 Å². The smallest absolute Gasteiger partial charge is 0.350 e. The molecule has 0 unspecified atom stereocenters. The van der Waals surface area contributed by atoms with Gasteiger partial charge < -0.3 is 9.88 Å². The third-order valence-corrected chi connectivity index (χ3v) is 5.48. The standard InChI is InChI=1S/C24H26F3N3O/c1-4-21-16(2)22(23(31)29-13-11-20-10-5-6-12-28-20)30(17(21)3)15-18-8-7-9-19(14-18)24(25,26)27/h5-10,12,14H,4,11,13,15H2,1-3H3,(H,29,31). The van der Waals surface area contributed by atoms with E-state index in [-0.39, 0.29) is 12.5 Å². The van der Waals surface area contributed by atoms with Gasteiger partial charge in [-0.2, -0.15) is 13.2 Å². The summed E-state index contributed by atoms with van der Waals surface area (Å²) in [6, 6.07) is 10.9. The Hall–Kier alpha value is -3.09. The summed E-state index contributed by atoms with van der Waals surface area (Å²) in [7, 11) is 0. The predicted octanol–water partition coefficient (Wildman–Crippen LogP) is 5.10. The van der Waals surface area contributed by atoms with Crippen molar-refractivity contribution in [3.05, 3.63) is 88.0 Å². The number of hydrogen-bond acceptors (Lipinski definition) is 2. The molecular formula is C24H26F3N3O. The Morgan fingerprint density at radius 2 is 1.90 bits per heavy atom. The Morgan fingerprint density at radius 1 is 1.13 bits per heavy atom. The maximum Gasteiger partial charge on any atom is 0.416 e. The number of alkyl halides is 3. The van der Waals surface area contributed by atoms with Gasteiger partial charge in [0.15, 0.2) is 0 Å². The fourth-order valence-electron chi connectivity index (χ4n) is 3.92. The van der Waals surface area contributed by atoms with E-state index in [0.29, 0.717) is 24.2 Å². The zero-order chi connectivity index (χ0) is 22.6. The molecule has 1 amide bonds. The summed E-state index contributed by atoms with van der Waals surface area (Å²) in [5.41, 5.74) is 3.98. The molecule has 0 bridgehead atoms. The molecule has 1 aromatic carbocycles. The van der Waals surface area contributed by atoms with E-state index in [9.17, 15) is 18.0 Å². The fourth-order valence-corrected chi connectivity index (χ4v) is 3.92. The Kier molecular flexibility index (Phi) is 6.83. The molecule has 3 rings (SSSR count). The highest BCUT2D eigenvalue weighted by Gasteiger charge is 2.30. The lowest BCUT2D eigenvalue weighted by Gasteiger charge is -2.14. The van der Waals surface area contributed by atoms with E-state index in [1.54, 1.807) is 12.3 Å². The number of amides is 1. The highest BCUT2D eigenvalue weighted by molar-refractivity contribution is 5.95. The molecule has 0 saturated heterocycles. The Morgan fingerprint density at radius 3 is 2.55 bits per heavy atom. The fraction of sp³-hybridized carbons (Fsp3) is 0.333. The van der Waals surface area contributed by atoms with Crippen LogP contribution >= 0.6 is 0 Å². The molecule has 0 atom stereocenters. The van der Waals surface area contributed by atoms with Crippen molar-refractivity contribution in [2.24, 2.45) is 0 Å². The van der Waals surface area contributed by atoms with Gasteiger partial charge in [-0.15, -0.1) is 0 Å². The van der Waals surface area contributed by atoms with Gasteiger partial charge in [0, 0.05) is 37.1 Å². The zero-order valence-corrected chi connectivity index (χ0v) is 17.9. The van der Waals surface area contributed by atoms with E-state index in [0.717, 1.165) is 41.1 Å². The van der Waals surface area contributed by atoms with Gasteiger partial charge >= 0.3 is 6.18 Å². The highest BCUT2D eigenvalue weighted by Crippen LogP contribution is 2.30. The molecule has 0 aliphatic rings. The lowest BCUT2D eigenvalue weighted by atomic mass is 10.1. The summed E-state index contributed by atoms with van der Waals surface area (Å²) in [4.78, 5) is 17.3. The molecule has 2 heterocycles. The van der Waals surface area contributed by atoms with E-state index in [2.05, 4.69) is 10.3 Å². The van der Waals surface area contributed by atoms with Gasteiger partial charge in [-0.05, 0) is 61.2 Å². The third-order valence-electron chi connectivity index (χ3n) is 5.48. The summed E-state index contributed by atoms with van der Waals surface area (Å²) in [5.74, 6) is -0.233. The molecule has 7 heteroatoms. The molecule has 0 aliphatic heterocycles. The summed E-state index contributed by atoms with van der Waals surface area (Å²) in [6.45, 7) is 6.42. The monoisotopic (exact) mass is 429 g/mol. The van der Waals surface area contributed by atoms with Crippen molar-refractivity contribution in [3.63, 3.8) is 0 Å². The minimum absolute atomic E-state index is 0.194. The van der Waals surface area contributed by atoms with Gasteiger partial charge in [0.05, 0.1) is 5.56 Å². The van der Waals surface area contributed by atoms with Crippen LogP contribution in [0.25, 0.3) is 0 Å². The normalized spacial score (nSPS) is 11.5. The summed E-state index contributed by atoms with van der Waals surface area (Å²) in [6.07, 6.45) is -1.36. The molecule has 3 aromatic rings. The Bertz CT molecular complexity index is 1060. The highest BCUT2D eigenvalue weighted by atomic mass is 19.4. The predicted molar refractivity (Wildman–Crippen MR) is 114 cm³/mol. The van der Waals surface area contributed by atoms with Crippen molar-refractivity contribution in [3.8, 4) is 0 Å². The van der Waals surface area contributed by atoms with Crippen LogP contribution in [-0.4, -0.2) is 22.0 Å². The van der Waals surface area contributed by atoms with E-state index < -0.39 is 11.7 Å². The Labute approximate surface area is 180 Å². The molecule has 31 heavy (non-hydrogen) atoms. The summed E-state index contributed by atoms with van der Waals surface area (Å²) in [5, 5.41) is 2.93. The molecule has 0 radical (unpaired) electrons. The number of halogens is 3. The number of benzene rings is 1. The number of hydrogen-bond donors (Lipinski definition) is 1. The van der Waals surface area contributed by atoms with E-state index >= 15 is 0 Å². The molecule has 2 aromatic heterocycles. The van der Waals surface area contributed by atoms with Gasteiger partial charge in [0.1, 0.15) is 5.69 Å². The van der Waals surface area contributed by atoms with E-state index in [1.165, 1.54) is 6.07 Å². The van der Waals surface area contributed by atoms with Gasteiger partial charge in [-0.1, -0.05) is 25.1 Å². The number of aromatic nitrogens is 2. The second kappa shape index (κ2) is 9.37. The van der Waals surface area contributed by atoms with Crippen LogP contribution in [0.4, 0.5) is 13.2 Å². The lowest BCUT2D eigenvalue weighted by molar-refractivity contribution is -0.137. The molecule has 0 aliphatic carbocycles. The third kappa shape index (κ3) is 5.16. The average molecular weight is 429 g/mol. The maximum absolute atomic E-state index is 13.1.